The molecule has 3 aromatic carbocycles. The van der Waals surface area contributed by atoms with Crippen LogP contribution in [0.25, 0.3) is 0 Å². The molecular weight excluding hydrogens is 370 g/mol. The molecule has 0 saturated heterocycles. The number of hydrogen-bond acceptors (Lipinski definition) is 3. The van der Waals surface area contributed by atoms with Crippen LogP contribution in [-0.2, 0) is 4.79 Å². The van der Waals surface area contributed by atoms with Gasteiger partial charge in [0.05, 0.1) is 0 Å². The summed E-state index contributed by atoms with van der Waals surface area (Å²) >= 11 is 0. The molecule has 0 amide bonds. The highest BCUT2D eigenvalue weighted by atomic mass is 16.5. The summed E-state index contributed by atoms with van der Waals surface area (Å²) in [6.07, 6.45) is 3.74. The fraction of sp³-hybridized carbons (Fsp3) is 0.296. The van der Waals surface area contributed by atoms with Crippen molar-refractivity contribution in [1.29, 1.82) is 0 Å². The third-order valence-electron chi connectivity index (χ3n) is 5.95. The van der Waals surface area contributed by atoms with Gasteiger partial charge in [-0.3, -0.25) is 4.79 Å². The fourth-order valence-corrected chi connectivity index (χ4v) is 4.54. The SMILES string of the molecule is CN(C)c1ccccc1C(c1cccc(Oc2ccccc2)c1)C1CCCCC1=O. The average Bonchev–Trinajstić information content (AvgIpc) is 2.77. The number of nitrogens with zero attached hydrogens (tertiary/aromatic N) is 1. The molecule has 30 heavy (non-hydrogen) atoms. The number of para-hydroxylation sites is 2. The standard InChI is InChI=1S/C27H29NO2/c1-28(2)25-17-8-6-15-23(25)27(24-16-7-9-18-26(24)29)20-11-10-14-22(19-20)30-21-12-4-3-5-13-21/h3-6,8,10-15,17,19,24,27H,7,9,16,18H2,1-2H3. The molecule has 154 valence electrons. The second kappa shape index (κ2) is 9.17. The summed E-state index contributed by atoms with van der Waals surface area (Å²) in [7, 11) is 4.13. The minimum absolute atomic E-state index is 0.00632. The largest absolute Gasteiger partial charge is 0.457 e. The number of Topliss-reactive ketones (excluding diaryl/α,β-unsaturated/α-hetero) is 1. The Morgan fingerprint density at radius 2 is 1.60 bits per heavy atom. The normalized spacial score (nSPS) is 17.4. The van der Waals surface area contributed by atoms with Gasteiger partial charge in [0.2, 0.25) is 0 Å². The van der Waals surface area contributed by atoms with Gasteiger partial charge < -0.3 is 9.64 Å². The van der Waals surface area contributed by atoms with Crippen molar-refractivity contribution in [2.24, 2.45) is 5.92 Å². The lowest BCUT2D eigenvalue weighted by Gasteiger charge is -2.32. The average molecular weight is 400 g/mol. The lowest BCUT2D eigenvalue weighted by atomic mass is 9.72. The van der Waals surface area contributed by atoms with Crippen LogP contribution in [0.1, 0.15) is 42.7 Å². The number of carbonyl (C=O) groups is 1. The molecule has 1 fully saturated rings. The van der Waals surface area contributed by atoms with E-state index in [-0.39, 0.29) is 11.8 Å². The zero-order valence-electron chi connectivity index (χ0n) is 17.8. The smallest absolute Gasteiger partial charge is 0.136 e. The Bertz CT molecular complexity index is 997. The van der Waals surface area contributed by atoms with Gasteiger partial charge in [-0.1, -0.05) is 55.0 Å². The van der Waals surface area contributed by atoms with Crippen molar-refractivity contribution in [2.75, 3.05) is 19.0 Å². The molecule has 1 saturated carbocycles. The number of rotatable bonds is 6. The third kappa shape index (κ3) is 4.40. The summed E-state index contributed by atoms with van der Waals surface area (Å²) in [6.45, 7) is 0. The quantitative estimate of drug-likeness (QED) is 0.478. The Labute approximate surface area is 179 Å². The summed E-state index contributed by atoms with van der Waals surface area (Å²) in [4.78, 5) is 15.1. The van der Waals surface area contributed by atoms with E-state index in [1.807, 2.05) is 42.5 Å². The Hall–Kier alpha value is -3.07. The van der Waals surface area contributed by atoms with Crippen LogP contribution in [-0.4, -0.2) is 19.9 Å². The molecule has 0 bridgehead atoms. The zero-order chi connectivity index (χ0) is 20.9. The number of ketones is 1. The molecule has 0 heterocycles. The third-order valence-corrected chi connectivity index (χ3v) is 5.95. The fourth-order valence-electron chi connectivity index (χ4n) is 4.54. The molecule has 1 aliphatic carbocycles. The van der Waals surface area contributed by atoms with Crippen molar-refractivity contribution in [3.63, 3.8) is 0 Å². The van der Waals surface area contributed by atoms with Crippen molar-refractivity contribution in [1.82, 2.24) is 0 Å². The van der Waals surface area contributed by atoms with Gasteiger partial charge in [0.25, 0.3) is 0 Å². The van der Waals surface area contributed by atoms with Gasteiger partial charge >= 0.3 is 0 Å². The van der Waals surface area contributed by atoms with Crippen LogP contribution in [0.3, 0.4) is 0 Å². The van der Waals surface area contributed by atoms with E-state index in [9.17, 15) is 4.79 Å². The molecule has 3 heteroatoms. The predicted molar refractivity (Wildman–Crippen MR) is 123 cm³/mol. The highest BCUT2D eigenvalue weighted by molar-refractivity contribution is 5.83. The molecule has 4 rings (SSSR count). The maximum atomic E-state index is 13.0. The molecule has 2 unspecified atom stereocenters. The summed E-state index contributed by atoms with van der Waals surface area (Å²) < 4.78 is 6.10. The highest BCUT2D eigenvalue weighted by Gasteiger charge is 2.34. The van der Waals surface area contributed by atoms with E-state index in [1.54, 1.807) is 0 Å². The minimum atomic E-state index is 0.00632. The van der Waals surface area contributed by atoms with E-state index in [1.165, 1.54) is 5.56 Å². The van der Waals surface area contributed by atoms with E-state index in [0.29, 0.717) is 12.2 Å². The molecule has 0 radical (unpaired) electrons. The maximum Gasteiger partial charge on any atom is 0.136 e. The van der Waals surface area contributed by atoms with Crippen molar-refractivity contribution in [2.45, 2.75) is 31.6 Å². The first kappa shape index (κ1) is 20.2. The Balaban J connectivity index is 1.77. The summed E-state index contributed by atoms with van der Waals surface area (Å²) in [6, 6.07) is 26.5. The van der Waals surface area contributed by atoms with Crippen molar-refractivity contribution in [3.8, 4) is 11.5 Å². The van der Waals surface area contributed by atoms with Crippen LogP contribution >= 0.6 is 0 Å². The van der Waals surface area contributed by atoms with Gasteiger partial charge in [0.15, 0.2) is 0 Å². The van der Waals surface area contributed by atoms with Crippen LogP contribution in [0.2, 0.25) is 0 Å². The maximum absolute atomic E-state index is 13.0. The first-order valence-electron chi connectivity index (χ1n) is 10.8. The predicted octanol–water partition coefficient (Wildman–Crippen LogP) is 6.44. The van der Waals surface area contributed by atoms with E-state index in [0.717, 1.165) is 42.0 Å². The second-order valence-electron chi connectivity index (χ2n) is 8.24. The zero-order valence-corrected chi connectivity index (χ0v) is 17.8. The topological polar surface area (TPSA) is 29.5 Å². The lowest BCUT2D eigenvalue weighted by molar-refractivity contribution is -0.125. The summed E-state index contributed by atoms with van der Waals surface area (Å²) in [5.74, 6) is 2.03. The van der Waals surface area contributed by atoms with Crippen molar-refractivity contribution < 1.29 is 9.53 Å². The first-order valence-corrected chi connectivity index (χ1v) is 10.8. The molecule has 0 N–H and O–H groups in total. The Morgan fingerprint density at radius 3 is 2.37 bits per heavy atom. The number of hydrogen-bond donors (Lipinski definition) is 0. The van der Waals surface area contributed by atoms with Crippen molar-refractivity contribution in [3.05, 3.63) is 90.0 Å². The number of benzene rings is 3. The summed E-state index contributed by atoms with van der Waals surface area (Å²) in [5.41, 5.74) is 3.51. The van der Waals surface area contributed by atoms with E-state index < -0.39 is 0 Å². The summed E-state index contributed by atoms with van der Waals surface area (Å²) in [5, 5.41) is 0. The van der Waals surface area contributed by atoms with Gasteiger partial charge in [0, 0.05) is 38.0 Å². The molecule has 1 aliphatic rings. The second-order valence-corrected chi connectivity index (χ2v) is 8.24. The Morgan fingerprint density at radius 1 is 0.867 bits per heavy atom. The van der Waals surface area contributed by atoms with Crippen LogP contribution in [0.5, 0.6) is 11.5 Å². The first-order chi connectivity index (χ1) is 14.6. The van der Waals surface area contributed by atoms with E-state index in [2.05, 4.69) is 55.4 Å². The number of ether oxygens (including phenoxy) is 1. The van der Waals surface area contributed by atoms with Gasteiger partial charge in [-0.2, -0.15) is 0 Å². The number of carbonyl (C=O) groups excluding carboxylic acids is 1. The Kier molecular flexibility index (Phi) is 6.18. The van der Waals surface area contributed by atoms with Crippen LogP contribution < -0.4 is 9.64 Å². The number of anilines is 1. The van der Waals surface area contributed by atoms with Crippen LogP contribution in [0.15, 0.2) is 78.9 Å². The van der Waals surface area contributed by atoms with E-state index >= 15 is 0 Å². The van der Waals surface area contributed by atoms with Gasteiger partial charge in [-0.15, -0.1) is 0 Å². The molecule has 0 aliphatic heterocycles. The molecule has 0 spiro atoms. The molecule has 0 aromatic heterocycles. The van der Waals surface area contributed by atoms with E-state index in [4.69, 9.17) is 4.74 Å². The van der Waals surface area contributed by atoms with Crippen molar-refractivity contribution >= 4 is 11.5 Å². The van der Waals surface area contributed by atoms with Gasteiger partial charge in [-0.05, 0) is 54.3 Å². The van der Waals surface area contributed by atoms with Crippen LogP contribution in [0.4, 0.5) is 5.69 Å². The molecular formula is C27H29NO2. The molecule has 3 aromatic rings. The lowest BCUT2D eigenvalue weighted by Crippen LogP contribution is -2.27. The molecule has 2 atom stereocenters. The monoisotopic (exact) mass is 399 g/mol. The van der Waals surface area contributed by atoms with Gasteiger partial charge in [0.1, 0.15) is 17.3 Å². The molecule has 3 nitrogen and oxygen atoms in total. The minimum Gasteiger partial charge on any atom is -0.457 e. The highest BCUT2D eigenvalue weighted by Crippen LogP contribution is 2.43. The van der Waals surface area contributed by atoms with Crippen LogP contribution in [0, 0.1) is 5.92 Å². The van der Waals surface area contributed by atoms with Gasteiger partial charge in [-0.25, -0.2) is 0 Å².